The van der Waals surface area contributed by atoms with Gasteiger partial charge in [0.2, 0.25) is 10.0 Å². The molecule has 2 N–H and O–H groups in total. The Morgan fingerprint density at radius 2 is 1.54 bits per heavy atom. The highest BCUT2D eigenvalue weighted by Gasteiger charge is 2.52. The van der Waals surface area contributed by atoms with Crippen molar-refractivity contribution in [3.63, 3.8) is 0 Å². The van der Waals surface area contributed by atoms with Gasteiger partial charge in [-0.05, 0) is 33.8 Å². The number of halogens is 3. The first kappa shape index (κ1) is 22.7. The first-order valence-electron chi connectivity index (χ1n) is 7.62. The minimum Gasteiger partial charge on any atom is -0.400 e. The van der Waals surface area contributed by atoms with Gasteiger partial charge in [-0.1, -0.05) is 12.1 Å². The van der Waals surface area contributed by atoms with Crippen molar-refractivity contribution in [1.82, 2.24) is 0 Å². The molecule has 2 rings (SSSR count). The van der Waals surface area contributed by atoms with E-state index in [2.05, 4.69) is 4.72 Å². The standard InChI is InChI=1S/C14H19BF3NO4S.CH4O/c1-12(2)13(3,4)23-15(22-12)10-7-6-9(14(16,17)18)8-11(10)19-24(5,20)21;1-2/h6-8,19H,1-5H3;2H,1H3. The topological polar surface area (TPSA) is 84.9 Å². The summed E-state index contributed by atoms with van der Waals surface area (Å²) >= 11 is 0. The first-order valence-corrected chi connectivity index (χ1v) is 9.51. The van der Waals surface area contributed by atoms with E-state index in [1.54, 1.807) is 27.7 Å². The Morgan fingerprint density at radius 3 is 1.92 bits per heavy atom. The Bertz CT molecular complexity index is 734. The maximum atomic E-state index is 12.9. The smallest absolute Gasteiger partial charge is 0.400 e. The van der Waals surface area contributed by atoms with Crippen molar-refractivity contribution in [3.05, 3.63) is 23.8 Å². The number of alkyl halides is 3. The van der Waals surface area contributed by atoms with Gasteiger partial charge in [0.15, 0.2) is 0 Å². The zero-order valence-corrected chi connectivity index (χ0v) is 16.2. The lowest BCUT2D eigenvalue weighted by atomic mass is 9.77. The second-order valence-corrected chi connectivity index (χ2v) is 8.51. The first-order chi connectivity index (χ1) is 11.6. The highest BCUT2D eigenvalue weighted by molar-refractivity contribution is 7.92. The number of rotatable bonds is 3. The molecule has 0 aliphatic carbocycles. The fourth-order valence-electron chi connectivity index (χ4n) is 2.20. The van der Waals surface area contributed by atoms with Crippen LogP contribution in [0.15, 0.2) is 18.2 Å². The van der Waals surface area contributed by atoms with E-state index in [0.29, 0.717) is 0 Å². The summed E-state index contributed by atoms with van der Waals surface area (Å²) in [7, 11) is -3.76. The minimum absolute atomic E-state index is 0.187. The normalized spacial score (nSPS) is 18.9. The second-order valence-electron chi connectivity index (χ2n) is 6.76. The van der Waals surface area contributed by atoms with Crippen molar-refractivity contribution in [2.75, 3.05) is 18.1 Å². The van der Waals surface area contributed by atoms with Crippen LogP contribution in [0.1, 0.15) is 33.3 Å². The molecule has 1 saturated heterocycles. The van der Waals surface area contributed by atoms with E-state index < -0.39 is 40.1 Å². The Morgan fingerprint density at radius 1 is 1.08 bits per heavy atom. The molecule has 0 atom stereocenters. The van der Waals surface area contributed by atoms with Crippen LogP contribution in [0, 0.1) is 0 Å². The second kappa shape index (κ2) is 7.38. The molecule has 6 nitrogen and oxygen atoms in total. The number of benzene rings is 1. The molecule has 1 aromatic rings. The predicted molar refractivity (Wildman–Crippen MR) is 93.8 cm³/mol. The van der Waals surface area contributed by atoms with Crippen molar-refractivity contribution in [2.45, 2.75) is 45.1 Å². The zero-order chi connectivity index (χ0) is 20.6. The minimum atomic E-state index is -4.59. The Labute approximate surface area is 151 Å². The molecule has 0 bridgehead atoms. The van der Waals surface area contributed by atoms with Gasteiger partial charge in [-0.15, -0.1) is 0 Å². The number of aliphatic hydroxyl groups is 1. The lowest BCUT2D eigenvalue weighted by Crippen LogP contribution is -2.41. The third kappa shape index (κ3) is 5.12. The van der Waals surface area contributed by atoms with E-state index in [4.69, 9.17) is 14.4 Å². The summed E-state index contributed by atoms with van der Waals surface area (Å²) in [6.07, 6.45) is -3.73. The molecule has 0 amide bonds. The molecule has 1 aliphatic rings. The summed E-state index contributed by atoms with van der Waals surface area (Å²) in [5, 5.41) is 7.00. The quantitative estimate of drug-likeness (QED) is 0.763. The maximum absolute atomic E-state index is 12.9. The van der Waals surface area contributed by atoms with E-state index in [9.17, 15) is 21.6 Å². The Kier molecular flexibility index (Phi) is 6.45. The van der Waals surface area contributed by atoms with Gasteiger partial charge < -0.3 is 14.4 Å². The predicted octanol–water partition coefficient (Wildman–Crippen LogP) is 1.98. The molecule has 0 saturated carbocycles. The van der Waals surface area contributed by atoms with Gasteiger partial charge in [0.25, 0.3) is 0 Å². The van der Waals surface area contributed by atoms with Crippen LogP contribution < -0.4 is 10.2 Å². The van der Waals surface area contributed by atoms with Crippen LogP contribution in [0.4, 0.5) is 18.9 Å². The monoisotopic (exact) mass is 397 g/mol. The molecule has 11 heteroatoms. The summed E-state index contributed by atoms with van der Waals surface area (Å²) < 4.78 is 75.5. The summed E-state index contributed by atoms with van der Waals surface area (Å²) in [5.41, 5.74) is -2.40. The third-order valence-corrected chi connectivity index (χ3v) is 4.77. The molecular weight excluding hydrogens is 374 g/mol. The van der Waals surface area contributed by atoms with Gasteiger partial charge in [0, 0.05) is 18.3 Å². The van der Waals surface area contributed by atoms with Crippen molar-refractivity contribution < 1.29 is 36.0 Å². The van der Waals surface area contributed by atoms with Crippen LogP contribution >= 0.6 is 0 Å². The van der Waals surface area contributed by atoms with Crippen LogP contribution in [0.3, 0.4) is 0 Å². The fourth-order valence-corrected chi connectivity index (χ4v) is 2.77. The summed E-state index contributed by atoms with van der Waals surface area (Å²) in [5.74, 6) is 0. The van der Waals surface area contributed by atoms with Crippen LogP contribution in [-0.2, 0) is 25.5 Å². The Balaban J connectivity index is 0.00000163. The number of anilines is 1. The number of hydrogen-bond donors (Lipinski definition) is 2. The van der Waals surface area contributed by atoms with Gasteiger partial charge in [-0.25, -0.2) is 8.42 Å². The van der Waals surface area contributed by atoms with Crippen molar-refractivity contribution >= 4 is 28.3 Å². The molecule has 1 aliphatic heterocycles. The van der Waals surface area contributed by atoms with Crippen LogP contribution in [0.25, 0.3) is 0 Å². The molecule has 1 aromatic carbocycles. The molecule has 148 valence electrons. The highest BCUT2D eigenvalue weighted by Crippen LogP contribution is 2.38. The lowest BCUT2D eigenvalue weighted by molar-refractivity contribution is -0.137. The molecule has 0 radical (unpaired) electrons. The van der Waals surface area contributed by atoms with Crippen molar-refractivity contribution in [2.24, 2.45) is 0 Å². The molecule has 26 heavy (non-hydrogen) atoms. The number of sulfonamides is 1. The van der Waals surface area contributed by atoms with Gasteiger partial charge >= 0.3 is 13.3 Å². The highest BCUT2D eigenvalue weighted by atomic mass is 32.2. The van der Waals surface area contributed by atoms with Crippen molar-refractivity contribution in [1.29, 1.82) is 0 Å². The average molecular weight is 397 g/mol. The van der Waals surface area contributed by atoms with Crippen LogP contribution in [-0.4, -0.2) is 45.2 Å². The summed E-state index contributed by atoms with van der Waals surface area (Å²) in [4.78, 5) is 0. The van der Waals surface area contributed by atoms with Gasteiger partial charge in [-0.2, -0.15) is 13.2 Å². The molecule has 1 heterocycles. The van der Waals surface area contributed by atoms with Crippen LogP contribution in [0.5, 0.6) is 0 Å². The van der Waals surface area contributed by atoms with E-state index >= 15 is 0 Å². The zero-order valence-electron chi connectivity index (χ0n) is 15.4. The fraction of sp³-hybridized carbons (Fsp3) is 0.600. The lowest BCUT2D eigenvalue weighted by Gasteiger charge is -2.32. The summed E-state index contributed by atoms with van der Waals surface area (Å²) in [6.45, 7) is 7.17. The largest absolute Gasteiger partial charge is 0.497 e. The SMILES string of the molecule is CC1(C)OB(c2ccc(C(F)(F)F)cc2NS(C)(=O)=O)OC1(C)C.CO. The Hall–Kier alpha value is -1.30. The molecule has 1 fully saturated rings. The third-order valence-electron chi connectivity index (χ3n) is 4.18. The van der Waals surface area contributed by atoms with Gasteiger partial charge in [-0.3, -0.25) is 4.72 Å². The number of aliphatic hydroxyl groups excluding tert-OH is 1. The molecule has 0 aromatic heterocycles. The van der Waals surface area contributed by atoms with Gasteiger partial charge in [0.1, 0.15) is 0 Å². The number of hydrogen-bond acceptors (Lipinski definition) is 5. The van der Waals surface area contributed by atoms with Crippen LogP contribution in [0.2, 0.25) is 0 Å². The van der Waals surface area contributed by atoms with Gasteiger partial charge in [0.05, 0.1) is 23.0 Å². The molecule has 0 spiro atoms. The van der Waals surface area contributed by atoms with Crippen molar-refractivity contribution in [3.8, 4) is 0 Å². The molecule has 0 unspecified atom stereocenters. The summed E-state index contributed by atoms with van der Waals surface area (Å²) in [6, 6.07) is 2.77. The molecular formula is C15H23BF3NO5S. The van der Waals surface area contributed by atoms with E-state index in [0.717, 1.165) is 25.5 Å². The van der Waals surface area contributed by atoms with E-state index in [-0.39, 0.29) is 11.2 Å². The maximum Gasteiger partial charge on any atom is 0.497 e. The van der Waals surface area contributed by atoms with E-state index in [1.807, 2.05) is 0 Å². The average Bonchev–Trinajstić information content (AvgIpc) is 2.66. The van der Waals surface area contributed by atoms with E-state index in [1.165, 1.54) is 6.07 Å². The number of nitrogens with one attached hydrogen (secondary N) is 1.